The van der Waals surface area contributed by atoms with Gasteiger partial charge in [-0.15, -0.1) is 0 Å². The number of aryl methyl sites for hydroxylation is 8. The molecule has 0 radical (unpaired) electrons. The molecule has 0 spiro atoms. The van der Waals surface area contributed by atoms with E-state index in [1.54, 1.807) is 209 Å². The molecule has 644 valence electrons. The fraction of sp³-hybridized carbons (Fsp3) is 0.128. The molecule has 12 N–H and O–H groups in total. The number of anilines is 2. The van der Waals surface area contributed by atoms with Crippen LogP contribution in [0.25, 0.3) is 77.6 Å². The Labute approximate surface area is 727 Å². The fourth-order valence-electron chi connectivity index (χ4n) is 16.6. The molecule has 129 heavy (non-hydrogen) atoms. The Morgan fingerprint density at radius 2 is 0.651 bits per heavy atom. The zero-order valence-electron chi connectivity index (χ0n) is 69.8. The molecule has 20 rings (SSSR count). The molecule has 35 heteroatoms. The Kier molecular flexibility index (Phi) is 22.5. The fourth-order valence-corrected chi connectivity index (χ4v) is 16.6. The van der Waals surface area contributed by atoms with Gasteiger partial charge in [0.05, 0.1) is 131 Å². The third kappa shape index (κ3) is 14.9. The lowest BCUT2D eigenvalue weighted by Gasteiger charge is -2.35. The minimum absolute atomic E-state index is 0.0313. The highest BCUT2D eigenvalue weighted by molar-refractivity contribution is 5.92. The zero-order chi connectivity index (χ0) is 90.3. The van der Waals surface area contributed by atoms with Crippen molar-refractivity contribution in [2.75, 3.05) is 11.5 Å². The van der Waals surface area contributed by atoms with Crippen molar-refractivity contribution in [2.24, 2.45) is 0 Å². The number of halogens is 4. The minimum Gasteiger partial charge on any atom is -0.397 e. The number of rotatable bonds is 17. The molecule has 16 aromatic heterocycles. The largest absolute Gasteiger partial charge is 0.397 e. The molecule has 20 aromatic rings. The van der Waals surface area contributed by atoms with Crippen LogP contribution in [0, 0.1) is 78.7 Å². The Morgan fingerprint density at radius 1 is 0.349 bits per heavy atom. The lowest BCUT2D eigenvalue weighted by molar-refractivity contribution is 0.116. The quantitative estimate of drug-likeness (QED) is 0.0299. The molecule has 0 bridgehead atoms. The summed E-state index contributed by atoms with van der Waals surface area (Å²) in [5.41, 5.74) is 16.2. The number of benzene rings is 4. The summed E-state index contributed by atoms with van der Waals surface area (Å²) in [6.07, 6.45) is 18.0. The molecule has 16 heterocycles. The number of fused-ring (bicyclic) bond motifs is 3. The monoisotopic (exact) mass is 1730 g/mol. The van der Waals surface area contributed by atoms with E-state index < -0.39 is 63.0 Å². The summed E-state index contributed by atoms with van der Waals surface area (Å²) in [4.78, 5) is 92.9. The van der Waals surface area contributed by atoms with Gasteiger partial charge in [-0.2, -0.15) is 0 Å². The Bertz CT molecular complexity index is 7440. The predicted octanol–water partition coefficient (Wildman–Crippen LogP) is 15.0. The second-order valence-corrected chi connectivity index (χ2v) is 30.1. The van der Waals surface area contributed by atoms with Gasteiger partial charge in [0, 0.05) is 101 Å². The molecular weight excluding hydrogens is 1660 g/mol. The first-order valence-electron chi connectivity index (χ1n) is 40.0. The highest BCUT2D eigenvalue weighted by Gasteiger charge is 2.46. The molecule has 0 saturated heterocycles. The number of aromatic nitrogens is 20. The van der Waals surface area contributed by atoms with Crippen LogP contribution >= 0.6 is 0 Å². The summed E-state index contributed by atoms with van der Waals surface area (Å²) in [6, 6.07) is 49.0. The van der Waals surface area contributed by atoms with Crippen molar-refractivity contribution in [1.82, 2.24) is 100.0 Å². The van der Waals surface area contributed by atoms with Crippen LogP contribution in [0.3, 0.4) is 0 Å². The van der Waals surface area contributed by atoms with Gasteiger partial charge in [0.25, 0.3) is 0 Å². The third-order valence-corrected chi connectivity index (χ3v) is 22.4. The first-order valence-corrected chi connectivity index (χ1v) is 40.0. The maximum Gasteiger partial charge on any atom is 0.323 e. The van der Waals surface area contributed by atoms with Crippen LogP contribution in [-0.4, -0.2) is 110 Å². The van der Waals surface area contributed by atoms with E-state index in [0.717, 1.165) is 11.4 Å². The second-order valence-electron chi connectivity index (χ2n) is 30.1. The van der Waals surface area contributed by atoms with Gasteiger partial charge in [0.1, 0.15) is 39.6 Å². The number of nitrogens with zero attached hydrogens (tertiary/aromatic N) is 14. The average molecular weight is 1730 g/mol. The second kappa shape index (κ2) is 34.4. The zero-order valence-corrected chi connectivity index (χ0v) is 69.8. The summed E-state index contributed by atoms with van der Waals surface area (Å²) < 4.78 is 85.3. The summed E-state index contributed by atoms with van der Waals surface area (Å²) >= 11 is 0. The molecule has 4 aromatic carbocycles. The van der Waals surface area contributed by atoms with Crippen LogP contribution in [0.2, 0.25) is 0 Å². The van der Waals surface area contributed by atoms with Crippen molar-refractivity contribution in [3.8, 4) is 44.5 Å². The Balaban J connectivity index is 0.000000121. The normalized spacial score (nSPS) is 11.7. The van der Waals surface area contributed by atoms with E-state index in [1.165, 1.54) is 12.1 Å². The molecule has 0 saturated carbocycles. The lowest BCUT2D eigenvalue weighted by Crippen LogP contribution is -2.39. The van der Waals surface area contributed by atoms with Crippen molar-refractivity contribution >= 4 is 44.5 Å². The number of nitrogen functional groups attached to an aromatic ring is 2. The van der Waals surface area contributed by atoms with Gasteiger partial charge in [-0.05, 0) is 182 Å². The van der Waals surface area contributed by atoms with Crippen LogP contribution in [0.1, 0.15) is 120 Å². The van der Waals surface area contributed by atoms with Gasteiger partial charge in [-0.25, -0.2) is 36.9 Å². The van der Waals surface area contributed by atoms with E-state index in [1.807, 2.05) is 77.4 Å². The average Bonchev–Trinajstić information content (AvgIpc) is 1.58. The highest BCUT2D eigenvalue weighted by atomic mass is 19.1. The van der Waals surface area contributed by atoms with Gasteiger partial charge in [0.2, 0.25) is 0 Å². The molecule has 0 fully saturated rings. The molecular formula is C94H76F4N22O9. The molecule has 0 amide bonds. The predicted molar refractivity (Wildman–Crippen MR) is 468 cm³/mol. The summed E-state index contributed by atoms with van der Waals surface area (Å²) in [6.45, 7) is 13.7. The van der Waals surface area contributed by atoms with Crippen LogP contribution in [0.15, 0.2) is 271 Å². The van der Waals surface area contributed by atoms with Crippen LogP contribution in [0.4, 0.5) is 28.9 Å². The molecule has 31 nitrogen and oxygen atoms in total. The maximum absolute atomic E-state index is 16.0. The van der Waals surface area contributed by atoms with Crippen LogP contribution in [-0.2, 0) is 16.7 Å². The third-order valence-electron chi connectivity index (χ3n) is 22.4. The van der Waals surface area contributed by atoms with Crippen molar-refractivity contribution in [3.05, 3.63) is 406 Å². The summed E-state index contributed by atoms with van der Waals surface area (Å²) in [7, 11) is 0. The molecule has 0 aliphatic rings. The summed E-state index contributed by atoms with van der Waals surface area (Å²) in [5, 5.41) is 39.9. The van der Waals surface area contributed by atoms with Crippen molar-refractivity contribution < 1.29 is 45.9 Å². The van der Waals surface area contributed by atoms with E-state index in [9.17, 15) is 24.6 Å². The number of H-pyrrole nitrogens is 6. The van der Waals surface area contributed by atoms with E-state index in [2.05, 4.69) is 85.4 Å². The summed E-state index contributed by atoms with van der Waals surface area (Å²) in [5.74, 6) is -1.18. The number of nitrogens with two attached hydrogens (primary N) is 2. The van der Waals surface area contributed by atoms with E-state index in [-0.39, 0.29) is 89.6 Å². The number of pyridine rings is 8. The van der Waals surface area contributed by atoms with E-state index in [4.69, 9.17) is 39.5 Å². The van der Waals surface area contributed by atoms with Gasteiger partial charge in [-0.1, -0.05) is 69.2 Å². The van der Waals surface area contributed by atoms with Gasteiger partial charge < -0.3 is 74.2 Å². The number of aliphatic hydroxyl groups is 2. The maximum atomic E-state index is 16.0. The van der Waals surface area contributed by atoms with Gasteiger partial charge in [0.15, 0.2) is 40.0 Å². The molecule has 0 aliphatic carbocycles. The lowest BCUT2D eigenvalue weighted by atomic mass is 9.80. The van der Waals surface area contributed by atoms with Crippen molar-refractivity contribution in [1.29, 1.82) is 0 Å². The van der Waals surface area contributed by atoms with Crippen LogP contribution in [0.5, 0.6) is 0 Å². The smallest absolute Gasteiger partial charge is 0.323 e. The minimum atomic E-state index is -1.90. The van der Waals surface area contributed by atoms with E-state index >= 15 is 17.6 Å². The number of nitrogens with one attached hydrogen (secondary N) is 6. The SMILES string of the molecule is Cc1noc(C)c1-c1cc(C(O)(c2ccccn2)c2ccccn2)c(N)c(N)c1F.Cc1noc(C)c1-c1cc(C(O)(c2ccccn2)c2ccccn2)c2[nH]c(=O)[nH]c2c1F.Cc1noc(C)c1-c1cc(C(c2ccccn2)(c2ccccn2)n2ccnc2)c2[nH]c(=O)[nH]c2c1F.Cc1noc(C)c1-c1cc(C(c2ccccn2)c2ccccn2)c2[nH]c(=O)[nH]c2c1F. The molecule has 0 aliphatic heterocycles. The van der Waals surface area contributed by atoms with Crippen LogP contribution < -0.4 is 28.5 Å². The number of aromatic amines is 6. The Morgan fingerprint density at radius 3 is 0.984 bits per heavy atom. The standard InChI is InChI=1S/C26H20FN7O2.C23H18FN5O3.C23H18FN5O2.C22H20FN5O2/c1-15-21(16(2)36-33-15)17-13-18(23-24(22(17)27)32-25(35)31-23)26(34-12-11-28-14-34,19-7-3-5-9-29-19)20-8-4-6-10-30-20;1-12-18(13(2)32-29-12)14-11-15(20-21(19(14)24)28-22(30)27-20)23(31,16-7-3-5-9-25-16)17-8-4-6-10-26-17;1-12-18(13(2)31-29-12)14-11-15(21-22(20(14)24)28-23(30)27-21)19(16-7-3-5-9-25-16)17-8-4-6-10-26-17;1-12-18(13(2)30-28-12)14-11-15(20(24)21(25)19(14)23)22(29,16-7-3-5-9-26-16)17-8-4-6-10-27-17/h3-14H,1-2H3,(H2,31,32,35);3-11,31H,1-2H3,(H2,27,28,30);3-11,19H,1-2H3,(H2,27,28,30);3-11,29H,24-25H2,1-2H3. The topological polar surface area (TPSA) is 464 Å². The molecule has 0 unspecified atom stereocenters. The number of hydrogen-bond donors (Lipinski definition) is 10. The van der Waals surface area contributed by atoms with Gasteiger partial charge in [-0.3, -0.25) is 39.9 Å². The van der Waals surface area contributed by atoms with Gasteiger partial charge >= 0.3 is 17.1 Å². The van der Waals surface area contributed by atoms with Crippen molar-refractivity contribution in [2.45, 2.75) is 78.0 Å². The van der Waals surface area contributed by atoms with E-state index in [0.29, 0.717) is 102 Å². The first kappa shape index (κ1) is 84.4. The first-order chi connectivity index (χ1) is 62.3. The number of imidazole rings is 4. The van der Waals surface area contributed by atoms with Crippen molar-refractivity contribution in [3.63, 3.8) is 0 Å². The highest BCUT2D eigenvalue weighted by Crippen LogP contribution is 2.49. The molecule has 0 atom stereocenters. The number of hydrogen-bond acceptors (Lipinski definition) is 24. The Hall–Kier alpha value is -16.8.